The lowest BCUT2D eigenvalue weighted by Crippen LogP contribution is -2.26. The van der Waals surface area contributed by atoms with Crippen molar-refractivity contribution in [1.82, 2.24) is 19.5 Å². The number of carbonyl (C=O) groups is 1. The van der Waals surface area contributed by atoms with Crippen molar-refractivity contribution in [3.63, 3.8) is 0 Å². The molecule has 0 amide bonds. The first-order valence-electron chi connectivity index (χ1n) is 8.11. The van der Waals surface area contributed by atoms with E-state index in [4.69, 9.17) is 5.11 Å². The molecule has 0 saturated heterocycles. The molecule has 7 heteroatoms. The lowest BCUT2D eigenvalue weighted by Gasteiger charge is -2.28. The third-order valence-electron chi connectivity index (χ3n) is 4.82. The highest BCUT2D eigenvalue weighted by Crippen LogP contribution is 2.35. The number of carboxylic acids is 1. The molecule has 3 aromatic heterocycles. The van der Waals surface area contributed by atoms with E-state index in [9.17, 15) is 9.59 Å². The zero-order valence-corrected chi connectivity index (χ0v) is 13.0. The molecule has 24 heavy (non-hydrogen) atoms. The second-order valence-electron chi connectivity index (χ2n) is 6.34. The summed E-state index contributed by atoms with van der Waals surface area (Å²) in [4.78, 5) is 33.6. The fraction of sp³-hybridized carbons (Fsp3) is 0.353. The minimum absolute atomic E-state index is 0.0592. The number of imidazole rings is 1. The lowest BCUT2D eigenvalue weighted by atomic mass is 9.85. The van der Waals surface area contributed by atoms with Crippen molar-refractivity contribution in [3.05, 3.63) is 41.1 Å². The molecule has 0 unspecified atom stereocenters. The van der Waals surface area contributed by atoms with Gasteiger partial charge in [0.15, 0.2) is 0 Å². The Balaban J connectivity index is 1.78. The molecule has 0 aromatic carbocycles. The number of fused-ring (bicyclic) bond motifs is 3. The maximum atomic E-state index is 12.5. The number of nitrogens with zero attached hydrogens (tertiary/aromatic N) is 2. The molecule has 0 spiro atoms. The maximum absolute atomic E-state index is 12.5. The third kappa shape index (κ3) is 2.42. The van der Waals surface area contributed by atoms with E-state index in [0.29, 0.717) is 0 Å². The van der Waals surface area contributed by atoms with Crippen molar-refractivity contribution in [2.75, 3.05) is 0 Å². The molecule has 1 aliphatic rings. The van der Waals surface area contributed by atoms with Crippen LogP contribution >= 0.6 is 0 Å². The average molecular weight is 326 g/mol. The molecule has 2 atom stereocenters. The largest absolute Gasteiger partial charge is 0.478 e. The van der Waals surface area contributed by atoms with Gasteiger partial charge in [0, 0.05) is 23.7 Å². The number of aliphatic carboxylic acids is 1. The van der Waals surface area contributed by atoms with E-state index in [1.54, 1.807) is 12.3 Å². The molecule has 0 aliphatic heterocycles. The molecule has 3 heterocycles. The van der Waals surface area contributed by atoms with Crippen LogP contribution in [0.25, 0.3) is 22.1 Å². The number of aromatic amines is 2. The predicted molar refractivity (Wildman–Crippen MR) is 90.0 cm³/mol. The van der Waals surface area contributed by atoms with E-state index in [-0.39, 0.29) is 17.6 Å². The summed E-state index contributed by atoms with van der Waals surface area (Å²) in [5, 5.41) is 9.74. The highest BCUT2D eigenvalue weighted by molar-refractivity contribution is 6.00. The van der Waals surface area contributed by atoms with Gasteiger partial charge in [-0.2, -0.15) is 0 Å². The molecule has 4 rings (SSSR count). The molecule has 3 aromatic rings. The van der Waals surface area contributed by atoms with Crippen LogP contribution in [-0.2, 0) is 4.79 Å². The van der Waals surface area contributed by atoms with Gasteiger partial charge in [-0.3, -0.25) is 4.57 Å². The van der Waals surface area contributed by atoms with Crippen LogP contribution in [0.1, 0.15) is 31.7 Å². The number of pyridine rings is 1. The summed E-state index contributed by atoms with van der Waals surface area (Å²) in [6.45, 7) is 0. The SMILES string of the molecule is O=C(O)/C=C/[C@H]1CCC[C@H](n2c(=O)[nH]c3cnc4[nH]ccc4c32)C1. The third-order valence-corrected chi connectivity index (χ3v) is 4.82. The van der Waals surface area contributed by atoms with Crippen LogP contribution in [-0.4, -0.2) is 30.6 Å². The van der Waals surface area contributed by atoms with Gasteiger partial charge in [-0.1, -0.05) is 12.5 Å². The summed E-state index contributed by atoms with van der Waals surface area (Å²) in [6, 6.07) is 1.99. The lowest BCUT2D eigenvalue weighted by molar-refractivity contribution is -0.131. The van der Waals surface area contributed by atoms with Crippen LogP contribution in [0, 0.1) is 5.92 Å². The minimum atomic E-state index is -0.929. The van der Waals surface area contributed by atoms with Crippen molar-refractivity contribution in [2.45, 2.75) is 31.7 Å². The van der Waals surface area contributed by atoms with E-state index in [2.05, 4.69) is 15.0 Å². The second-order valence-corrected chi connectivity index (χ2v) is 6.34. The Morgan fingerprint density at radius 1 is 1.42 bits per heavy atom. The average Bonchev–Trinajstić information content (AvgIpc) is 3.16. The minimum Gasteiger partial charge on any atom is -0.478 e. The topological polar surface area (TPSA) is 104 Å². The van der Waals surface area contributed by atoms with Gasteiger partial charge >= 0.3 is 11.7 Å². The fourth-order valence-corrected chi connectivity index (χ4v) is 3.80. The number of nitrogens with one attached hydrogen (secondary N) is 2. The maximum Gasteiger partial charge on any atom is 0.327 e. The molecule has 3 N–H and O–H groups in total. The Kier molecular flexibility index (Phi) is 3.48. The monoisotopic (exact) mass is 326 g/mol. The van der Waals surface area contributed by atoms with Crippen molar-refractivity contribution < 1.29 is 9.90 Å². The number of hydrogen-bond donors (Lipinski definition) is 3. The Hall–Kier alpha value is -2.83. The molecular formula is C17H18N4O3. The highest BCUT2D eigenvalue weighted by Gasteiger charge is 2.25. The number of H-pyrrole nitrogens is 2. The van der Waals surface area contributed by atoms with Crippen LogP contribution in [0.3, 0.4) is 0 Å². The Morgan fingerprint density at radius 3 is 3.12 bits per heavy atom. The van der Waals surface area contributed by atoms with Crippen molar-refractivity contribution in [2.24, 2.45) is 5.92 Å². The Labute approximate surface area is 137 Å². The number of aromatic nitrogens is 4. The standard InChI is InChI=1S/C17H18N4O3/c22-14(23)5-4-10-2-1-3-11(8-10)21-15-12-6-7-18-16(12)19-9-13(15)20-17(21)24/h4-7,9-11H,1-3,8H2,(H,18,19)(H,20,24)(H,22,23)/b5-4+/t10-,11+/m1/s1. The summed E-state index contributed by atoms with van der Waals surface area (Å²) in [6.07, 6.45) is 10.1. The van der Waals surface area contributed by atoms with Gasteiger partial charge < -0.3 is 15.1 Å². The van der Waals surface area contributed by atoms with Crippen LogP contribution in [0.5, 0.6) is 0 Å². The summed E-state index contributed by atoms with van der Waals surface area (Å²) in [7, 11) is 0. The number of allylic oxidation sites excluding steroid dienone is 1. The highest BCUT2D eigenvalue weighted by atomic mass is 16.4. The fourth-order valence-electron chi connectivity index (χ4n) is 3.80. The summed E-state index contributed by atoms with van der Waals surface area (Å²) in [5.74, 6) is -0.748. The molecule has 1 fully saturated rings. The van der Waals surface area contributed by atoms with Gasteiger partial charge in [-0.05, 0) is 31.2 Å². The van der Waals surface area contributed by atoms with Crippen molar-refractivity contribution in [3.8, 4) is 0 Å². The smallest absolute Gasteiger partial charge is 0.327 e. The zero-order valence-electron chi connectivity index (χ0n) is 13.0. The molecule has 124 valence electrons. The summed E-state index contributed by atoms with van der Waals surface area (Å²) >= 11 is 0. The van der Waals surface area contributed by atoms with Gasteiger partial charge in [0.1, 0.15) is 5.65 Å². The van der Waals surface area contributed by atoms with E-state index < -0.39 is 5.97 Å². The van der Waals surface area contributed by atoms with E-state index in [1.165, 1.54) is 6.08 Å². The van der Waals surface area contributed by atoms with Crippen LogP contribution in [0.2, 0.25) is 0 Å². The van der Waals surface area contributed by atoms with Crippen LogP contribution < -0.4 is 5.69 Å². The number of carboxylic acid groups (broad SMARTS) is 1. The zero-order chi connectivity index (χ0) is 16.7. The van der Waals surface area contributed by atoms with Gasteiger partial charge in [-0.15, -0.1) is 0 Å². The molecule has 7 nitrogen and oxygen atoms in total. The predicted octanol–water partition coefficient (Wildman–Crippen LogP) is 2.58. The van der Waals surface area contributed by atoms with Crippen LogP contribution in [0.4, 0.5) is 0 Å². The first-order valence-corrected chi connectivity index (χ1v) is 8.11. The number of hydrogen-bond acceptors (Lipinski definition) is 3. The molecular weight excluding hydrogens is 308 g/mol. The molecule has 0 radical (unpaired) electrons. The quantitative estimate of drug-likeness (QED) is 0.643. The van der Waals surface area contributed by atoms with Gasteiger partial charge in [0.05, 0.1) is 17.2 Å². The Morgan fingerprint density at radius 2 is 2.29 bits per heavy atom. The van der Waals surface area contributed by atoms with Gasteiger partial charge in [0.2, 0.25) is 0 Å². The normalized spacial score (nSPS) is 21.8. The van der Waals surface area contributed by atoms with Gasteiger partial charge in [-0.25, -0.2) is 14.6 Å². The Bertz CT molecular complexity index is 994. The molecule has 1 aliphatic carbocycles. The first-order chi connectivity index (χ1) is 11.6. The van der Waals surface area contributed by atoms with Gasteiger partial charge in [0.25, 0.3) is 0 Å². The number of rotatable bonds is 3. The molecule has 0 bridgehead atoms. The van der Waals surface area contributed by atoms with Crippen molar-refractivity contribution in [1.29, 1.82) is 0 Å². The summed E-state index contributed by atoms with van der Waals surface area (Å²) in [5.41, 5.74) is 2.23. The summed E-state index contributed by atoms with van der Waals surface area (Å²) < 4.78 is 1.83. The molecule has 1 saturated carbocycles. The van der Waals surface area contributed by atoms with E-state index >= 15 is 0 Å². The van der Waals surface area contributed by atoms with Crippen molar-refractivity contribution >= 4 is 28.0 Å². The second kappa shape index (κ2) is 5.67. The van der Waals surface area contributed by atoms with Crippen LogP contribution in [0.15, 0.2) is 35.4 Å². The first kappa shape index (κ1) is 14.7. The van der Waals surface area contributed by atoms with E-state index in [0.717, 1.165) is 47.8 Å². The van der Waals surface area contributed by atoms with E-state index in [1.807, 2.05) is 16.8 Å².